The number of hydrogen-bond donors (Lipinski definition) is 3. The van der Waals surface area contributed by atoms with E-state index in [4.69, 9.17) is 11.6 Å². The molecule has 0 aliphatic rings. The molecule has 11 heteroatoms. The summed E-state index contributed by atoms with van der Waals surface area (Å²) in [5.74, 6) is -2.03. The molecular formula is C26H18AsClF2N4O3. The van der Waals surface area contributed by atoms with Gasteiger partial charge in [-0.2, -0.15) is 0 Å². The van der Waals surface area contributed by atoms with Crippen molar-refractivity contribution in [3.8, 4) is 0 Å². The minimum atomic E-state index is -1.33. The van der Waals surface area contributed by atoms with Crippen LogP contribution in [0.4, 0.5) is 25.8 Å². The van der Waals surface area contributed by atoms with Crippen LogP contribution in [0.1, 0.15) is 28.9 Å². The summed E-state index contributed by atoms with van der Waals surface area (Å²) in [5.41, 5.74) is 0.265. The van der Waals surface area contributed by atoms with Crippen LogP contribution in [0.3, 0.4) is 0 Å². The molecule has 186 valence electrons. The zero-order chi connectivity index (χ0) is 26.3. The SMILES string of the molecule is C[C@@H](Nc1c(Nc2ccc3[nH]nc([AsH]C(=O)c4cccc(Cl)c4)c3c2)c(=O)c1=O)c1cccc(F)c1F. The summed E-state index contributed by atoms with van der Waals surface area (Å²) in [6.07, 6.45) is 0. The predicted molar refractivity (Wildman–Crippen MR) is 142 cm³/mol. The molecule has 5 aromatic rings. The molecule has 0 saturated carbocycles. The van der Waals surface area contributed by atoms with Crippen molar-refractivity contribution in [2.45, 2.75) is 13.0 Å². The van der Waals surface area contributed by atoms with Gasteiger partial charge in [-0.15, -0.1) is 0 Å². The van der Waals surface area contributed by atoms with Crippen molar-refractivity contribution in [1.29, 1.82) is 0 Å². The summed E-state index contributed by atoms with van der Waals surface area (Å²) < 4.78 is 28.4. The predicted octanol–water partition coefficient (Wildman–Crippen LogP) is 3.91. The number of halogens is 3. The fourth-order valence-electron chi connectivity index (χ4n) is 3.94. The Kier molecular flexibility index (Phi) is 6.66. The minimum absolute atomic E-state index is 0.0155. The van der Waals surface area contributed by atoms with E-state index in [9.17, 15) is 23.2 Å². The molecule has 0 fully saturated rings. The van der Waals surface area contributed by atoms with Gasteiger partial charge in [-0.3, -0.25) is 0 Å². The number of nitrogens with zero attached hydrogens (tertiary/aromatic N) is 1. The number of H-pyrrole nitrogens is 1. The van der Waals surface area contributed by atoms with E-state index in [-0.39, 0.29) is 21.5 Å². The van der Waals surface area contributed by atoms with Gasteiger partial charge in [-0.25, -0.2) is 4.39 Å². The van der Waals surface area contributed by atoms with E-state index in [2.05, 4.69) is 20.8 Å². The van der Waals surface area contributed by atoms with Crippen LogP contribution in [-0.2, 0) is 0 Å². The van der Waals surface area contributed by atoms with E-state index in [1.165, 1.54) is 12.1 Å². The van der Waals surface area contributed by atoms with Gasteiger partial charge in [0.15, 0.2) is 0 Å². The monoisotopic (exact) mass is 582 g/mol. The summed E-state index contributed by atoms with van der Waals surface area (Å²) in [6.45, 7) is 1.56. The first-order valence-electron chi connectivity index (χ1n) is 11.1. The Morgan fingerprint density at radius 2 is 1.78 bits per heavy atom. The van der Waals surface area contributed by atoms with Crippen molar-refractivity contribution in [2.75, 3.05) is 10.6 Å². The van der Waals surface area contributed by atoms with Gasteiger partial charge < -0.3 is 0 Å². The second-order valence-electron chi connectivity index (χ2n) is 8.34. The van der Waals surface area contributed by atoms with E-state index in [0.29, 0.717) is 31.7 Å². The third-order valence-corrected chi connectivity index (χ3v) is 8.48. The molecule has 0 radical (unpaired) electrons. The Hall–Kier alpha value is -3.81. The van der Waals surface area contributed by atoms with Gasteiger partial charge in [-0.1, -0.05) is 0 Å². The molecule has 1 unspecified atom stereocenters. The number of hydrogen-bond acceptors (Lipinski definition) is 6. The summed E-state index contributed by atoms with van der Waals surface area (Å²) in [6, 6.07) is 14.9. The molecule has 0 amide bonds. The van der Waals surface area contributed by atoms with Crippen molar-refractivity contribution < 1.29 is 13.6 Å². The maximum absolute atomic E-state index is 14.2. The number of aromatic nitrogens is 2. The molecule has 7 nitrogen and oxygen atoms in total. The Morgan fingerprint density at radius 1 is 1.03 bits per heavy atom. The van der Waals surface area contributed by atoms with E-state index in [1.54, 1.807) is 49.4 Å². The van der Waals surface area contributed by atoms with Crippen molar-refractivity contribution in [3.05, 3.63) is 109 Å². The summed E-state index contributed by atoms with van der Waals surface area (Å²) >= 11 is 4.68. The van der Waals surface area contributed by atoms with Crippen LogP contribution >= 0.6 is 11.6 Å². The van der Waals surface area contributed by atoms with Crippen molar-refractivity contribution in [1.82, 2.24) is 10.2 Å². The van der Waals surface area contributed by atoms with Crippen molar-refractivity contribution in [3.63, 3.8) is 0 Å². The molecule has 4 aromatic carbocycles. The number of benzene rings is 3. The van der Waals surface area contributed by atoms with Crippen LogP contribution in [0.5, 0.6) is 0 Å². The van der Waals surface area contributed by atoms with Crippen LogP contribution in [-0.4, -0.2) is 30.5 Å². The molecule has 0 spiro atoms. The first kappa shape index (κ1) is 24.9. The number of fused-ring (bicyclic) bond motifs is 1. The van der Waals surface area contributed by atoms with Gasteiger partial charge in [0.25, 0.3) is 0 Å². The van der Waals surface area contributed by atoms with Crippen LogP contribution in [0.25, 0.3) is 10.9 Å². The van der Waals surface area contributed by atoms with Crippen LogP contribution < -0.4 is 26.0 Å². The van der Waals surface area contributed by atoms with E-state index in [0.717, 1.165) is 6.07 Å². The number of anilines is 3. The van der Waals surface area contributed by atoms with Crippen LogP contribution in [0.2, 0.25) is 5.02 Å². The zero-order valence-electron chi connectivity index (χ0n) is 19.2. The van der Waals surface area contributed by atoms with E-state index >= 15 is 0 Å². The van der Waals surface area contributed by atoms with Crippen LogP contribution in [0, 0.1) is 11.6 Å². The average Bonchev–Trinajstić information content (AvgIpc) is 3.29. The third kappa shape index (κ3) is 4.80. The zero-order valence-corrected chi connectivity index (χ0v) is 22.0. The van der Waals surface area contributed by atoms with Crippen molar-refractivity contribution in [2.24, 2.45) is 0 Å². The number of carbonyl (C=O) groups excluding carboxylic acids is 1. The second kappa shape index (κ2) is 9.92. The second-order valence-corrected chi connectivity index (χ2v) is 11.2. The quantitative estimate of drug-likeness (QED) is 0.189. The Balaban J connectivity index is 1.39. The molecular weight excluding hydrogens is 565 g/mol. The fraction of sp³-hybridized carbons (Fsp3) is 0.0769. The van der Waals surface area contributed by atoms with Gasteiger partial charge in [0.05, 0.1) is 0 Å². The van der Waals surface area contributed by atoms with E-state index < -0.39 is 44.3 Å². The number of carbonyl (C=O) groups is 1. The molecule has 0 aliphatic carbocycles. The van der Waals surface area contributed by atoms with Gasteiger partial charge in [0.1, 0.15) is 0 Å². The number of rotatable bonds is 8. The summed E-state index contributed by atoms with van der Waals surface area (Å²) in [7, 11) is 0. The molecule has 0 saturated heterocycles. The average molecular weight is 583 g/mol. The summed E-state index contributed by atoms with van der Waals surface area (Å²) in [4.78, 5) is 37.4. The normalized spacial score (nSPS) is 12.4. The number of nitrogens with one attached hydrogen (secondary N) is 3. The number of aromatic amines is 1. The van der Waals surface area contributed by atoms with Crippen molar-refractivity contribution >= 4 is 64.4 Å². The molecule has 0 aliphatic heterocycles. The Morgan fingerprint density at radius 3 is 2.57 bits per heavy atom. The molecule has 37 heavy (non-hydrogen) atoms. The van der Waals surface area contributed by atoms with Gasteiger partial charge in [-0.05, 0) is 6.07 Å². The standard InChI is InChI=1S/C26H18AsClF2N4O3/c1-12(16-6-3-7-18(29)20(16)30)31-21-22(24(36)23(21)35)32-15-8-9-19-17(11-15)25(34-33-19)27-26(37)13-4-2-5-14(28)10-13/h2-12,27,31-32H,1H3,(H,33,34)/t12-/m1/s1. The molecule has 0 bridgehead atoms. The third-order valence-electron chi connectivity index (χ3n) is 5.87. The van der Waals surface area contributed by atoms with E-state index in [1.807, 2.05) is 0 Å². The molecule has 1 aromatic heterocycles. The summed E-state index contributed by atoms with van der Waals surface area (Å²) in [5, 5.41) is 14.2. The van der Waals surface area contributed by atoms with Gasteiger partial charge >= 0.3 is 210 Å². The first-order chi connectivity index (χ1) is 17.7. The molecule has 3 N–H and O–H groups in total. The molecule has 1 heterocycles. The Bertz CT molecular complexity index is 1750. The molecule has 2 atom stereocenters. The fourth-order valence-corrected chi connectivity index (χ4v) is 6.16. The molecule has 5 rings (SSSR count). The van der Waals surface area contributed by atoms with Crippen LogP contribution in [0.15, 0.2) is 70.3 Å². The first-order valence-corrected chi connectivity index (χ1v) is 13.6. The van der Waals surface area contributed by atoms with Gasteiger partial charge in [0.2, 0.25) is 0 Å². The maximum atomic E-state index is 14.2. The topological polar surface area (TPSA) is 104 Å². The van der Waals surface area contributed by atoms with Gasteiger partial charge in [0, 0.05) is 0 Å². The Labute approximate surface area is 220 Å².